The Hall–Kier alpha value is -2.76. The lowest BCUT2D eigenvalue weighted by Gasteiger charge is -2.18. The zero-order chi connectivity index (χ0) is 24.6. The summed E-state index contributed by atoms with van der Waals surface area (Å²) in [6, 6.07) is 13.0. The second-order valence-electron chi connectivity index (χ2n) is 8.69. The summed E-state index contributed by atoms with van der Waals surface area (Å²) in [5, 5.41) is 22.2. The molecule has 5 nitrogen and oxygen atoms in total. The van der Waals surface area contributed by atoms with Gasteiger partial charge in [-0.05, 0) is 79.8 Å². The van der Waals surface area contributed by atoms with Gasteiger partial charge in [0.25, 0.3) is 0 Å². The monoisotopic (exact) mass is 476 g/mol. The Morgan fingerprint density at radius 1 is 1.21 bits per heavy atom. The molecule has 0 bridgehead atoms. The molecule has 2 N–H and O–H groups in total. The van der Waals surface area contributed by atoms with Crippen LogP contribution in [-0.2, 0) is 12.8 Å². The van der Waals surface area contributed by atoms with Crippen LogP contribution in [0, 0.1) is 11.3 Å². The molecular formula is C26H31F3N2O3. The highest BCUT2D eigenvalue weighted by Crippen LogP contribution is 2.39. The van der Waals surface area contributed by atoms with Gasteiger partial charge in [-0.2, -0.15) is 18.4 Å². The van der Waals surface area contributed by atoms with Gasteiger partial charge in [0, 0.05) is 19.2 Å². The van der Waals surface area contributed by atoms with E-state index in [4.69, 9.17) is 14.6 Å². The highest BCUT2D eigenvalue weighted by molar-refractivity contribution is 5.50. The van der Waals surface area contributed by atoms with Crippen LogP contribution in [0.5, 0.6) is 11.5 Å². The number of para-hydroxylation sites is 2. The number of aliphatic hydroxyl groups is 1. The molecule has 2 unspecified atom stereocenters. The van der Waals surface area contributed by atoms with Crippen molar-refractivity contribution in [2.24, 2.45) is 0 Å². The first-order chi connectivity index (χ1) is 16.3. The van der Waals surface area contributed by atoms with Gasteiger partial charge in [0.05, 0.1) is 11.6 Å². The number of benzene rings is 2. The topological polar surface area (TPSA) is 74.5 Å². The second kappa shape index (κ2) is 12.1. The van der Waals surface area contributed by atoms with E-state index in [1.165, 1.54) is 11.6 Å². The Kier molecular flexibility index (Phi) is 9.20. The SMILES string of the molecule is CC(Cc1cc(C#N)c2c(c1)CCC2CCCO)NCCOc1ccccc1OCC(F)(F)F. The van der Waals surface area contributed by atoms with E-state index in [-0.39, 0.29) is 30.8 Å². The summed E-state index contributed by atoms with van der Waals surface area (Å²) < 4.78 is 47.8. The van der Waals surface area contributed by atoms with Gasteiger partial charge < -0.3 is 19.9 Å². The normalized spacial score (nSPS) is 16.1. The number of rotatable bonds is 12. The van der Waals surface area contributed by atoms with E-state index in [9.17, 15) is 18.4 Å². The molecule has 0 heterocycles. The minimum atomic E-state index is -4.41. The Balaban J connectivity index is 1.50. The first-order valence-corrected chi connectivity index (χ1v) is 11.6. The van der Waals surface area contributed by atoms with Crippen LogP contribution in [0.4, 0.5) is 13.2 Å². The predicted molar refractivity (Wildman–Crippen MR) is 123 cm³/mol. The van der Waals surface area contributed by atoms with Crippen molar-refractivity contribution >= 4 is 0 Å². The highest BCUT2D eigenvalue weighted by atomic mass is 19.4. The smallest absolute Gasteiger partial charge is 0.422 e. The Bertz CT molecular complexity index is 988. The maximum absolute atomic E-state index is 12.4. The lowest BCUT2D eigenvalue weighted by atomic mass is 9.90. The molecule has 0 spiro atoms. The standard InChI is InChI=1S/C26H31F3N2O3/c1-18(31-10-12-33-23-6-2-3-7-24(23)34-17-26(27,28)29)13-19-14-21-9-8-20(5-4-11-32)25(21)22(15-19)16-30/h2-3,6-7,14-15,18,20,31-32H,4-5,8-13,17H2,1H3. The van der Waals surface area contributed by atoms with E-state index >= 15 is 0 Å². The van der Waals surface area contributed by atoms with Crippen LogP contribution in [-0.4, -0.2) is 43.7 Å². The summed E-state index contributed by atoms with van der Waals surface area (Å²) in [6.45, 7) is 1.63. The number of hydrogen-bond donors (Lipinski definition) is 2. The van der Waals surface area contributed by atoms with Crippen LogP contribution in [0.3, 0.4) is 0 Å². The summed E-state index contributed by atoms with van der Waals surface area (Å²) in [5.74, 6) is 0.683. The van der Waals surface area contributed by atoms with Gasteiger partial charge in [-0.15, -0.1) is 0 Å². The Morgan fingerprint density at radius 2 is 1.94 bits per heavy atom. The first-order valence-electron chi connectivity index (χ1n) is 11.6. The van der Waals surface area contributed by atoms with E-state index in [1.54, 1.807) is 18.2 Å². The molecule has 0 saturated heterocycles. The van der Waals surface area contributed by atoms with Gasteiger partial charge >= 0.3 is 6.18 Å². The summed E-state index contributed by atoms with van der Waals surface area (Å²) >= 11 is 0. The summed E-state index contributed by atoms with van der Waals surface area (Å²) in [7, 11) is 0. The number of nitrogens with zero attached hydrogens (tertiary/aromatic N) is 1. The van der Waals surface area contributed by atoms with Crippen molar-refractivity contribution in [3.05, 3.63) is 58.7 Å². The maximum Gasteiger partial charge on any atom is 0.422 e. The number of aryl methyl sites for hydroxylation is 1. The maximum atomic E-state index is 12.4. The second-order valence-corrected chi connectivity index (χ2v) is 8.69. The molecule has 2 atom stereocenters. The average Bonchev–Trinajstić information content (AvgIpc) is 3.21. The minimum absolute atomic E-state index is 0.0624. The zero-order valence-electron chi connectivity index (χ0n) is 19.3. The fourth-order valence-electron chi connectivity index (χ4n) is 4.52. The fraction of sp³-hybridized carbons (Fsp3) is 0.500. The van der Waals surface area contributed by atoms with Crippen molar-refractivity contribution in [3.8, 4) is 17.6 Å². The van der Waals surface area contributed by atoms with E-state index in [0.717, 1.165) is 48.8 Å². The van der Waals surface area contributed by atoms with Gasteiger partial charge in [0.1, 0.15) is 6.61 Å². The van der Waals surface area contributed by atoms with Crippen LogP contribution < -0.4 is 14.8 Å². The lowest BCUT2D eigenvalue weighted by molar-refractivity contribution is -0.153. The number of alkyl halides is 3. The molecular weight excluding hydrogens is 445 g/mol. The van der Waals surface area contributed by atoms with Gasteiger partial charge in [-0.1, -0.05) is 18.2 Å². The third-order valence-corrected chi connectivity index (χ3v) is 5.96. The minimum Gasteiger partial charge on any atom is -0.488 e. The van der Waals surface area contributed by atoms with Crippen molar-refractivity contribution in [1.82, 2.24) is 5.32 Å². The molecule has 2 aromatic carbocycles. The summed E-state index contributed by atoms with van der Waals surface area (Å²) in [4.78, 5) is 0. The van der Waals surface area contributed by atoms with Crippen LogP contribution in [0.25, 0.3) is 0 Å². The molecule has 1 aliphatic rings. The van der Waals surface area contributed by atoms with Crippen LogP contribution in [0.2, 0.25) is 0 Å². The Morgan fingerprint density at radius 3 is 2.62 bits per heavy atom. The molecule has 184 valence electrons. The number of aliphatic hydroxyl groups excluding tert-OH is 1. The lowest BCUT2D eigenvalue weighted by Crippen LogP contribution is -2.32. The molecule has 1 aliphatic carbocycles. The summed E-state index contributed by atoms with van der Waals surface area (Å²) in [6.07, 6.45) is -0.0350. The Labute approximate surface area is 198 Å². The molecule has 0 fully saturated rings. The van der Waals surface area contributed by atoms with Crippen molar-refractivity contribution in [1.29, 1.82) is 5.26 Å². The predicted octanol–water partition coefficient (Wildman–Crippen LogP) is 4.90. The van der Waals surface area contributed by atoms with Crippen LogP contribution in [0.15, 0.2) is 36.4 Å². The van der Waals surface area contributed by atoms with Crippen LogP contribution >= 0.6 is 0 Å². The number of nitrogens with one attached hydrogen (secondary N) is 1. The van der Waals surface area contributed by atoms with Crippen molar-refractivity contribution in [3.63, 3.8) is 0 Å². The molecule has 0 radical (unpaired) electrons. The largest absolute Gasteiger partial charge is 0.488 e. The third kappa shape index (κ3) is 7.37. The van der Waals surface area contributed by atoms with E-state index < -0.39 is 12.8 Å². The number of ether oxygens (including phenoxy) is 2. The number of halogens is 3. The average molecular weight is 477 g/mol. The number of fused-ring (bicyclic) bond motifs is 1. The van der Waals surface area contributed by atoms with E-state index in [2.05, 4.69) is 17.5 Å². The van der Waals surface area contributed by atoms with Gasteiger partial charge in [0.2, 0.25) is 0 Å². The molecule has 3 rings (SSSR count). The third-order valence-electron chi connectivity index (χ3n) is 5.96. The fourth-order valence-corrected chi connectivity index (χ4v) is 4.52. The quantitative estimate of drug-likeness (QED) is 0.426. The number of hydrogen-bond acceptors (Lipinski definition) is 5. The van der Waals surface area contributed by atoms with E-state index in [0.29, 0.717) is 12.5 Å². The van der Waals surface area contributed by atoms with Gasteiger partial charge in [0.15, 0.2) is 18.1 Å². The molecule has 2 aromatic rings. The van der Waals surface area contributed by atoms with Crippen molar-refractivity contribution in [2.75, 3.05) is 26.4 Å². The van der Waals surface area contributed by atoms with Crippen molar-refractivity contribution < 1.29 is 27.8 Å². The molecule has 0 aromatic heterocycles. The van der Waals surface area contributed by atoms with Crippen molar-refractivity contribution in [2.45, 2.75) is 57.2 Å². The van der Waals surface area contributed by atoms with E-state index in [1.807, 2.05) is 13.0 Å². The van der Waals surface area contributed by atoms with Gasteiger partial charge in [-0.25, -0.2) is 0 Å². The molecule has 8 heteroatoms. The molecule has 0 saturated carbocycles. The van der Waals surface area contributed by atoms with Gasteiger partial charge in [-0.3, -0.25) is 0 Å². The summed E-state index contributed by atoms with van der Waals surface area (Å²) in [5.41, 5.74) is 4.23. The molecule has 0 aliphatic heterocycles. The zero-order valence-corrected chi connectivity index (χ0v) is 19.3. The highest BCUT2D eigenvalue weighted by Gasteiger charge is 2.29. The van der Waals surface area contributed by atoms with Crippen LogP contribution in [0.1, 0.15) is 54.4 Å². The molecule has 34 heavy (non-hydrogen) atoms. The first kappa shape index (κ1) is 25.9. The number of nitriles is 1. The molecule has 0 amide bonds.